The van der Waals surface area contributed by atoms with Crippen LogP contribution in [0.25, 0.3) is 0 Å². The first-order valence-electron chi connectivity index (χ1n) is 7.72. The van der Waals surface area contributed by atoms with E-state index in [1.165, 1.54) is 13.3 Å². The molecule has 1 amide bonds. The molecule has 1 aromatic carbocycles. The largest absolute Gasteiger partial charge is 0.481 e. The normalized spacial score (nSPS) is 10.1. The van der Waals surface area contributed by atoms with Crippen molar-refractivity contribution in [2.45, 2.75) is 19.8 Å². The zero-order chi connectivity index (χ0) is 17.4. The number of aromatic nitrogens is 1. The van der Waals surface area contributed by atoms with Crippen LogP contribution in [-0.2, 0) is 4.74 Å². The van der Waals surface area contributed by atoms with Crippen molar-refractivity contribution in [1.29, 1.82) is 0 Å². The van der Waals surface area contributed by atoms with Crippen LogP contribution in [0.1, 0.15) is 40.5 Å². The summed E-state index contributed by atoms with van der Waals surface area (Å²) in [6.45, 7) is 2.45. The van der Waals surface area contributed by atoms with E-state index in [0.717, 1.165) is 12.8 Å². The van der Waals surface area contributed by atoms with E-state index in [9.17, 15) is 9.59 Å². The van der Waals surface area contributed by atoms with Crippen LogP contribution in [-0.4, -0.2) is 30.6 Å². The number of hydrogen-bond donors (Lipinski definition) is 1. The van der Waals surface area contributed by atoms with Crippen molar-refractivity contribution in [3.63, 3.8) is 0 Å². The van der Waals surface area contributed by atoms with Crippen molar-refractivity contribution in [3.8, 4) is 5.88 Å². The molecule has 0 atom stereocenters. The minimum atomic E-state index is -0.360. The van der Waals surface area contributed by atoms with E-state index in [-0.39, 0.29) is 11.9 Å². The maximum absolute atomic E-state index is 12.1. The maximum atomic E-state index is 12.1. The lowest BCUT2D eigenvalue weighted by atomic mass is 10.2. The Morgan fingerprint density at radius 3 is 2.38 bits per heavy atom. The Kier molecular flexibility index (Phi) is 6.31. The maximum Gasteiger partial charge on any atom is 0.338 e. The van der Waals surface area contributed by atoms with Crippen molar-refractivity contribution < 1.29 is 19.1 Å². The molecule has 6 heteroatoms. The molecule has 0 fully saturated rings. The summed E-state index contributed by atoms with van der Waals surface area (Å²) in [5.41, 5.74) is 1.45. The first-order chi connectivity index (χ1) is 11.6. The Bertz CT molecular complexity index is 681. The van der Waals surface area contributed by atoms with Gasteiger partial charge in [-0.15, -0.1) is 0 Å². The number of ether oxygens (including phenoxy) is 2. The van der Waals surface area contributed by atoms with Gasteiger partial charge in [-0.1, -0.05) is 13.3 Å². The molecule has 1 heterocycles. The average Bonchev–Trinajstić information content (AvgIpc) is 2.62. The van der Waals surface area contributed by atoms with Crippen molar-refractivity contribution in [3.05, 3.63) is 53.7 Å². The third-order valence-electron chi connectivity index (χ3n) is 3.32. The number of amides is 1. The molecule has 0 saturated carbocycles. The highest BCUT2D eigenvalue weighted by atomic mass is 16.5. The van der Waals surface area contributed by atoms with Crippen LogP contribution in [0.3, 0.4) is 0 Å². The van der Waals surface area contributed by atoms with Gasteiger partial charge in [0.05, 0.1) is 24.8 Å². The lowest BCUT2D eigenvalue weighted by Gasteiger charge is -2.07. The van der Waals surface area contributed by atoms with Crippen molar-refractivity contribution in [1.82, 2.24) is 4.98 Å². The fourth-order valence-electron chi connectivity index (χ4n) is 1.92. The molecule has 6 nitrogen and oxygen atoms in total. The number of carbonyl (C=O) groups is 2. The van der Waals surface area contributed by atoms with Crippen LogP contribution in [0.4, 0.5) is 5.69 Å². The fraction of sp³-hybridized carbons (Fsp3) is 0.278. The number of benzene rings is 1. The summed E-state index contributed by atoms with van der Waals surface area (Å²) < 4.78 is 10.1. The molecule has 0 saturated heterocycles. The van der Waals surface area contributed by atoms with Crippen LogP contribution in [0.5, 0.6) is 5.88 Å². The van der Waals surface area contributed by atoms with Gasteiger partial charge in [0.2, 0.25) is 5.88 Å². The van der Waals surface area contributed by atoms with Crippen LogP contribution >= 0.6 is 0 Å². The number of unbranched alkanes of at least 4 members (excludes halogenated alkanes) is 1. The molecule has 0 spiro atoms. The molecule has 0 radical (unpaired) electrons. The third kappa shape index (κ3) is 4.81. The molecular formula is C18H20N2O4. The van der Waals surface area contributed by atoms with Gasteiger partial charge in [0, 0.05) is 18.0 Å². The van der Waals surface area contributed by atoms with E-state index in [0.29, 0.717) is 29.3 Å². The molecule has 0 aliphatic heterocycles. The molecule has 0 bridgehead atoms. The molecule has 1 N–H and O–H groups in total. The van der Waals surface area contributed by atoms with E-state index in [4.69, 9.17) is 9.47 Å². The second-order valence-corrected chi connectivity index (χ2v) is 5.11. The van der Waals surface area contributed by atoms with Gasteiger partial charge in [0.1, 0.15) is 0 Å². The summed E-state index contributed by atoms with van der Waals surface area (Å²) in [6.07, 6.45) is 3.25. The lowest BCUT2D eigenvalue weighted by molar-refractivity contribution is 0.0499. The number of hydrogen-bond acceptors (Lipinski definition) is 5. The Hall–Kier alpha value is -2.89. The number of esters is 1. The quantitative estimate of drug-likeness (QED) is 0.623. The molecule has 2 aromatic rings. The van der Waals surface area contributed by atoms with Crippen molar-refractivity contribution in [2.75, 3.05) is 19.0 Å². The van der Waals surface area contributed by atoms with Gasteiger partial charge in [-0.2, -0.15) is 0 Å². The van der Waals surface area contributed by atoms with Gasteiger partial charge in [-0.25, -0.2) is 9.78 Å². The number of methoxy groups -OCH3 is 1. The van der Waals surface area contributed by atoms with Gasteiger partial charge in [0.15, 0.2) is 0 Å². The van der Waals surface area contributed by atoms with Gasteiger partial charge in [0.25, 0.3) is 5.91 Å². The second-order valence-electron chi connectivity index (χ2n) is 5.11. The first kappa shape index (κ1) is 17.5. The standard InChI is InChI=1S/C18H20N2O4/c1-3-4-11-24-18(22)13-5-8-15(9-6-13)20-17(21)14-7-10-16(23-2)19-12-14/h5-10,12H,3-4,11H2,1-2H3,(H,20,21). The van der Waals surface area contributed by atoms with Crippen molar-refractivity contribution >= 4 is 17.6 Å². The van der Waals surface area contributed by atoms with Gasteiger partial charge >= 0.3 is 5.97 Å². The number of nitrogens with zero attached hydrogens (tertiary/aromatic N) is 1. The van der Waals surface area contributed by atoms with E-state index < -0.39 is 0 Å². The van der Waals surface area contributed by atoms with Gasteiger partial charge in [-0.3, -0.25) is 4.79 Å². The Labute approximate surface area is 140 Å². The summed E-state index contributed by atoms with van der Waals surface area (Å²) in [5.74, 6) is -0.207. The van der Waals surface area contributed by atoms with Crippen LogP contribution in [0, 0.1) is 0 Å². The lowest BCUT2D eigenvalue weighted by Crippen LogP contribution is -2.12. The predicted molar refractivity (Wildman–Crippen MR) is 90.4 cm³/mol. The topological polar surface area (TPSA) is 77.5 Å². The van der Waals surface area contributed by atoms with Crippen LogP contribution in [0.2, 0.25) is 0 Å². The summed E-state index contributed by atoms with van der Waals surface area (Å²) in [7, 11) is 1.51. The number of carbonyl (C=O) groups excluding carboxylic acids is 2. The zero-order valence-electron chi connectivity index (χ0n) is 13.7. The summed E-state index contributed by atoms with van der Waals surface area (Å²) in [4.78, 5) is 27.9. The zero-order valence-corrected chi connectivity index (χ0v) is 13.7. The summed E-state index contributed by atoms with van der Waals surface area (Å²) in [5, 5.41) is 2.74. The molecule has 24 heavy (non-hydrogen) atoms. The minimum absolute atomic E-state index is 0.288. The Morgan fingerprint density at radius 1 is 1.08 bits per heavy atom. The van der Waals surface area contributed by atoms with E-state index in [1.807, 2.05) is 6.92 Å². The van der Waals surface area contributed by atoms with Crippen molar-refractivity contribution in [2.24, 2.45) is 0 Å². The first-order valence-corrected chi connectivity index (χ1v) is 7.72. The smallest absolute Gasteiger partial charge is 0.338 e. The highest BCUT2D eigenvalue weighted by Crippen LogP contribution is 2.13. The molecule has 1 aromatic heterocycles. The number of anilines is 1. The van der Waals surface area contributed by atoms with Gasteiger partial charge < -0.3 is 14.8 Å². The second kappa shape index (κ2) is 8.67. The molecule has 0 aliphatic carbocycles. The summed E-state index contributed by atoms with van der Waals surface area (Å²) >= 11 is 0. The molecular weight excluding hydrogens is 308 g/mol. The Balaban J connectivity index is 1.95. The van der Waals surface area contributed by atoms with E-state index in [1.54, 1.807) is 36.4 Å². The average molecular weight is 328 g/mol. The van der Waals surface area contributed by atoms with E-state index in [2.05, 4.69) is 10.3 Å². The van der Waals surface area contributed by atoms with Crippen LogP contribution in [0.15, 0.2) is 42.6 Å². The minimum Gasteiger partial charge on any atom is -0.481 e. The fourth-order valence-corrected chi connectivity index (χ4v) is 1.92. The Morgan fingerprint density at radius 2 is 1.79 bits per heavy atom. The molecule has 126 valence electrons. The molecule has 2 rings (SSSR count). The predicted octanol–water partition coefficient (Wildman–Crippen LogP) is 3.30. The number of pyridine rings is 1. The van der Waals surface area contributed by atoms with Gasteiger partial charge in [-0.05, 0) is 36.8 Å². The third-order valence-corrected chi connectivity index (χ3v) is 3.32. The van der Waals surface area contributed by atoms with E-state index >= 15 is 0 Å². The SMILES string of the molecule is CCCCOC(=O)c1ccc(NC(=O)c2ccc(OC)nc2)cc1. The summed E-state index contributed by atoms with van der Waals surface area (Å²) in [6, 6.07) is 9.80. The van der Waals surface area contributed by atoms with Crippen LogP contribution < -0.4 is 10.1 Å². The highest BCUT2D eigenvalue weighted by molar-refractivity contribution is 6.04. The molecule has 0 aliphatic rings. The molecule has 0 unspecified atom stereocenters. The monoisotopic (exact) mass is 328 g/mol. The number of rotatable bonds is 7. The number of nitrogens with one attached hydrogen (secondary N) is 1. The highest BCUT2D eigenvalue weighted by Gasteiger charge is 2.09.